The molecule has 0 aromatic heterocycles. The van der Waals surface area contributed by atoms with E-state index in [0.29, 0.717) is 26.0 Å². The SMILES string of the molecule is COCCN(C(=O)N[C@H]1CC[C@@H](C(=O)O)C1)C(C)C. The van der Waals surface area contributed by atoms with Crippen LogP contribution in [0.4, 0.5) is 4.79 Å². The van der Waals surface area contributed by atoms with Gasteiger partial charge < -0.3 is 20.1 Å². The van der Waals surface area contributed by atoms with Crippen molar-refractivity contribution in [2.75, 3.05) is 20.3 Å². The molecule has 0 unspecified atom stereocenters. The second kappa shape index (κ2) is 7.33. The van der Waals surface area contributed by atoms with Crippen LogP contribution in [0.2, 0.25) is 0 Å². The fraction of sp³-hybridized carbons (Fsp3) is 0.846. The number of carbonyl (C=O) groups excluding carboxylic acids is 1. The van der Waals surface area contributed by atoms with Crippen LogP contribution in [0.15, 0.2) is 0 Å². The van der Waals surface area contributed by atoms with Gasteiger partial charge >= 0.3 is 12.0 Å². The van der Waals surface area contributed by atoms with Gasteiger partial charge in [0.2, 0.25) is 0 Å². The predicted molar refractivity (Wildman–Crippen MR) is 71.0 cm³/mol. The second-order valence-electron chi connectivity index (χ2n) is 5.27. The number of rotatable bonds is 6. The summed E-state index contributed by atoms with van der Waals surface area (Å²) in [6, 6.07) is -0.0766. The number of aliphatic carboxylic acids is 1. The fourth-order valence-corrected chi connectivity index (χ4v) is 2.38. The van der Waals surface area contributed by atoms with Gasteiger partial charge in [-0.05, 0) is 33.1 Å². The van der Waals surface area contributed by atoms with Gasteiger partial charge in [0.15, 0.2) is 0 Å². The first-order valence-corrected chi connectivity index (χ1v) is 6.74. The Morgan fingerprint density at radius 1 is 1.42 bits per heavy atom. The van der Waals surface area contributed by atoms with Gasteiger partial charge in [0.05, 0.1) is 12.5 Å². The molecular weight excluding hydrogens is 248 g/mol. The number of ether oxygens (including phenoxy) is 1. The van der Waals surface area contributed by atoms with E-state index in [2.05, 4.69) is 5.32 Å². The molecule has 0 aromatic carbocycles. The highest BCUT2D eigenvalue weighted by Gasteiger charge is 2.31. The minimum atomic E-state index is -0.767. The zero-order valence-electron chi connectivity index (χ0n) is 11.9. The van der Waals surface area contributed by atoms with Gasteiger partial charge in [-0.25, -0.2) is 4.79 Å². The zero-order valence-corrected chi connectivity index (χ0v) is 11.9. The van der Waals surface area contributed by atoms with Crippen LogP contribution in [0.25, 0.3) is 0 Å². The summed E-state index contributed by atoms with van der Waals surface area (Å²) in [5.41, 5.74) is 0. The fourth-order valence-electron chi connectivity index (χ4n) is 2.38. The lowest BCUT2D eigenvalue weighted by atomic mass is 10.1. The molecule has 0 bridgehead atoms. The highest BCUT2D eigenvalue weighted by Crippen LogP contribution is 2.25. The highest BCUT2D eigenvalue weighted by atomic mass is 16.5. The molecule has 19 heavy (non-hydrogen) atoms. The van der Waals surface area contributed by atoms with Crippen molar-refractivity contribution in [3.05, 3.63) is 0 Å². The van der Waals surface area contributed by atoms with E-state index < -0.39 is 5.97 Å². The average Bonchev–Trinajstić information content (AvgIpc) is 2.77. The monoisotopic (exact) mass is 272 g/mol. The van der Waals surface area contributed by atoms with Gasteiger partial charge in [0.25, 0.3) is 0 Å². The molecule has 2 atom stereocenters. The predicted octanol–water partition coefficient (Wildman–Crippen LogP) is 1.31. The van der Waals surface area contributed by atoms with Gasteiger partial charge in [-0.1, -0.05) is 0 Å². The topological polar surface area (TPSA) is 78.9 Å². The van der Waals surface area contributed by atoms with E-state index in [0.717, 1.165) is 6.42 Å². The molecule has 0 aliphatic heterocycles. The minimum absolute atomic E-state index is 0.0302. The smallest absolute Gasteiger partial charge is 0.317 e. The van der Waals surface area contributed by atoms with Crippen LogP contribution in [-0.4, -0.2) is 54.4 Å². The van der Waals surface area contributed by atoms with Gasteiger partial charge in [-0.2, -0.15) is 0 Å². The quantitative estimate of drug-likeness (QED) is 0.764. The number of methoxy groups -OCH3 is 1. The van der Waals surface area contributed by atoms with Crippen LogP contribution in [0, 0.1) is 5.92 Å². The number of hydrogen-bond donors (Lipinski definition) is 2. The van der Waals surface area contributed by atoms with Crippen LogP contribution in [0.1, 0.15) is 33.1 Å². The molecule has 6 nitrogen and oxygen atoms in total. The van der Waals surface area contributed by atoms with Crippen molar-refractivity contribution in [1.82, 2.24) is 10.2 Å². The van der Waals surface area contributed by atoms with Crippen LogP contribution < -0.4 is 5.32 Å². The zero-order chi connectivity index (χ0) is 14.4. The molecule has 0 heterocycles. The van der Waals surface area contributed by atoms with Crippen LogP contribution in [0.5, 0.6) is 0 Å². The summed E-state index contributed by atoms with van der Waals surface area (Å²) in [6.07, 6.45) is 1.90. The van der Waals surface area contributed by atoms with E-state index in [9.17, 15) is 9.59 Å². The number of carboxylic acids is 1. The van der Waals surface area contributed by atoms with Crippen molar-refractivity contribution in [2.24, 2.45) is 5.92 Å². The maximum Gasteiger partial charge on any atom is 0.317 e. The molecule has 0 spiro atoms. The summed E-state index contributed by atoms with van der Waals surface area (Å²) in [4.78, 5) is 24.7. The highest BCUT2D eigenvalue weighted by molar-refractivity contribution is 5.75. The summed E-state index contributed by atoms with van der Waals surface area (Å²) in [6.45, 7) is 4.93. The molecule has 1 aliphatic carbocycles. The summed E-state index contributed by atoms with van der Waals surface area (Å²) in [5, 5.41) is 11.9. The molecule has 0 saturated heterocycles. The van der Waals surface area contributed by atoms with Gasteiger partial charge in [0.1, 0.15) is 0 Å². The normalized spacial score (nSPS) is 22.5. The largest absolute Gasteiger partial charge is 0.481 e. The molecule has 1 saturated carbocycles. The van der Waals surface area contributed by atoms with Gasteiger partial charge in [-0.3, -0.25) is 4.79 Å². The van der Waals surface area contributed by atoms with Crippen molar-refractivity contribution in [1.29, 1.82) is 0 Å². The Morgan fingerprint density at radius 3 is 2.58 bits per heavy atom. The first kappa shape index (κ1) is 15.8. The summed E-state index contributed by atoms with van der Waals surface area (Å²) < 4.78 is 4.99. The molecule has 1 aliphatic rings. The molecular formula is C13H24N2O4. The first-order valence-electron chi connectivity index (χ1n) is 6.74. The molecule has 1 rings (SSSR count). The molecule has 2 amide bonds. The maximum atomic E-state index is 12.1. The maximum absolute atomic E-state index is 12.1. The third-order valence-electron chi connectivity index (χ3n) is 3.53. The second-order valence-corrected chi connectivity index (χ2v) is 5.27. The van der Waals surface area contributed by atoms with Crippen molar-refractivity contribution in [2.45, 2.75) is 45.2 Å². The number of urea groups is 1. The van der Waals surface area contributed by atoms with Crippen molar-refractivity contribution >= 4 is 12.0 Å². The molecule has 0 aromatic rings. The Hall–Kier alpha value is -1.30. The molecule has 2 N–H and O–H groups in total. The van der Waals surface area contributed by atoms with E-state index in [1.807, 2.05) is 13.8 Å². The number of carbonyl (C=O) groups is 2. The third kappa shape index (κ3) is 4.70. The molecule has 0 radical (unpaired) electrons. The van der Waals surface area contributed by atoms with Crippen molar-refractivity contribution in [3.8, 4) is 0 Å². The van der Waals surface area contributed by atoms with E-state index in [1.165, 1.54) is 0 Å². The lowest BCUT2D eigenvalue weighted by Crippen LogP contribution is -2.48. The minimum Gasteiger partial charge on any atom is -0.481 e. The summed E-state index contributed by atoms with van der Waals surface area (Å²) >= 11 is 0. The lowest BCUT2D eigenvalue weighted by molar-refractivity contribution is -0.141. The Balaban J connectivity index is 2.46. The van der Waals surface area contributed by atoms with Crippen LogP contribution in [0.3, 0.4) is 0 Å². The molecule has 110 valence electrons. The van der Waals surface area contributed by atoms with E-state index in [4.69, 9.17) is 9.84 Å². The number of amides is 2. The van der Waals surface area contributed by atoms with E-state index >= 15 is 0 Å². The number of hydrogen-bond acceptors (Lipinski definition) is 3. The number of nitrogens with one attached hydrogen (secondary N) is 1. The Morgan fingerprint density at radius 2 is 2.11 bits per heavy atom. The Labute approximate surface area is 114 Å². The molecule has 1 fully saturated rings. The standard InChI is InChI=1S/C13H24N2O4/c1-9(2)15(6-7-19-3)13(18)14-11-5-4-10(8-11)12(16)17/h9-11H,4-8H2,1-3H3,(H,14,18)(H,16,17)/t10-,11+/m1/s1. The summed E-state index contributed by atoms with van der Waals surface area (Å²) in [5.74, 6) is -1.09. The summed E-state index contributed by atoms with van der Waals surface area (Å²) in [7, 11) is 1.60. The van der Waals surface area contributed by atoms with Crippen molar-refractivity contribution in [3.63, 3.8) is 0 Å². The Bertz CT molecular complexity index is 320. The van der Waals surface area contributed by atoms with Crippen LogP contribution in [-0.2, 0) is 9.53 Å². The lowest BCUT2D eigenvalue weighted by Gasteiger charge is -2.28. The number of carboxylic acid groups (broad SMARTS) is 1. The van der Waals surface area contributed by atoms with E-state index in [1.54, 1.807) is 12.0 Å². The van der Waals surface area contributed by atoms with Gasteiger partial charge in [-0.15, -0.1) is 0 Å². The van der Waals surface area contributed by atoms with Crippen molar-refractivity contribution < 1.29 is 19.4 Å². The molecule has 6 heteroatoms. The van der Waals surface area contributed by atoms with E-state index in [-0.39, 0.29) is 24.0 Å². The van der Waals surface area contributed by atoms with Crippen LogP contribution >= 0.6 is 0 Å². The van der Waals surface area contributed by atoms with Gasteiger partial charge in [0, 0.05) is 25.7 Å². The number of nitrogens with zero attached hydrogens (tertiary/aromatic N) is 1. The third-order valence-corrected chi connectivity index (χ3v) is 3.53. The average molecular weight is 272 g/mol. The Kier molecular flexibility index (Phi) is 6.08. The first-order chi connectivity index (χ1) is 8.95.